The van der Waals surface area contributed by atoms with Crippen molar-refractivity contribution in [2.75, 3.05) is 31.3 Å². The van der Waals surface area contributed by atoms with Crippen molar-refractivity contribution < 1.29 is 14.3 Å². The summed E-state index contributed by atoms with van der Waals surface area (Å²) in [5, 5.41) is 5.37. The summed E-state index contributed by atoms with van der Waals surface area (Å²) in [5.74, 6) is 0.000203. The van der Waals surface area contributed by atoms with Crippen LogP contribution >= 0.6 is 23.2 Å². The predicted molar refractivity (Wildman–Crippen MR) is 110 cm³/mol. The van der Waals surface area contributed by atoms with Gasteiger partial charge in [0.15, 0.2) is 5.69 Å². The van der Waals surface area contributed by atoms with Crippen LogP contribution < -0.4 is 4.90 Å². The fourth-order valence-electron chi connectivity index (χ4n) is 3.34. The molecule has 2 aromatic rings. The van der Waals surface area contributed by atoms with Crippen LogP contribution in [-0.2, 0) is 20.9 Å². The van der Waals surface area contributed by atoms with E-state index >= 15 is 0 Å². The molecule has 0 saturated carbocycles. The summed E-state index contributed by atoms with van der Waals surface area (Å²) in [5.41, 5.74) is 2.58. The highest BCUT2D eigenvalue weighted by molar-refractivity contribution is 6.34. The molecule has 10 heteroatoms. The van der Waals surface area contributed by atoms with Gasteiger partial charge in [-0.2, -0.15) is 5.10 Å². The number of aromatic nitrogens is 2. The molecule has 4 rings (SSSR count). The lowest BCUT2D eigenvalue weighted by Crippen LogP contribution is -2.34. The van der Waals surface area contributed by atoms with Gasteiger partial charge in [0.25, 0.3) is 0 Å². The summed E-state index contributed by atoms with van der Waals surface area (Å²) in [7, 11) is 0. The van der Waals surface area contributed by atoms with E-state index in [1.54, 1.807) is 24.0 Å². The normalized spacial score (nSPS) is 16.4. The van der Waals surface area contributed by atoms with Crippen LogP contribution in [0.25, 0.3) is 0 Å². The lowest BCUT2D eigenvalue weighted by Gasteiger charge is -2.20. The van der Waals surface area contributed by atoms with Crippen LogP contribution in [0.2, 0.25) is 10.0 Å². The molecule has 2 aliphatic heterocycles. The Hall–Kier alpha value is -2.58. The predicted octanol–water partition coefficient (Wildman–Crippen LogP) is 2.42. The van der Waals surface area contributed by atoms with E-state index in [2.05, 4.69) is 10.1 Å². The number of carbonyl (C=O) groups excluding carboxylic acids is 2. The van der Waals surface area contributed by atoms with Crippen molar-refractivity contribution in [2.45, 2.75) is 20.4 Å². The van der Waals surface area contributed by atoms with Gasteiger partial charge in [0.2, 0.25) is 17.7 Å². The number of carbonyl (C=O) groups is 2. The Labute approximate surface area is 177 Å². The van der Waals surface area contributed by atoms with Crippen LogP contribution in [0.1, 0.15) is 17.0 Å². The van der Waals surface area contributed by atoms with E-state index in [9.17, 15) is 9.59 Å². The van der Waals surface area contributed by atoms with E-state index in [1.807, 2.05) is 13.0 Å². The van der Waals surface area contributed by atoms with Crippen molar-refractivity contribution in [1.29, 1.82) is 0 Å². The third-order valence-electron chi connectivity index (χ3n) is 5.03. The lowest BCUT2D eigenvalue weighted by atomic mass is 10.2. The third kappa shape index (κ3) is 3.58. The number of hydrogen-bond acceptors (Lipinski definition) is 5. The van der Waals surface area contributed by atoms with Crippen molar-refractivity contribution in [1.82, 2.24) is 14.7 Å². The molecular formula is C19H19Cl2N5O3. The number of anilines is 1. The Bertz CT molecular complexity index is 1030. The molecule has 2 aliphatic rings. The van der Waals surface area contributed by atoms with Gasteiger partial charge in [0.05, 0.1) is 17.3 Å². The van der Waals surface area contributed by atoms with Crippen molar-refractivity contribution in [3.8, 4) is 0 Å². The first kappa shape index (κ1) is 19.7. The van der Waals surface area contributed by atoms with Gasteiger partial charge < -0.3 is 9.64 Å². The summed E-state index contributed by atoms with van der Waals surface area (Å²) in [6, 6.07) is 5.37. The zero-order chi connectivity index (χ0) is 20.7. The molecule has 0 unspecified atom stereocenters. The number of benzene rings is 1. The van der Waals surface area contributed by atoms with E-state index in [1.165, 1.54) is 9.58 Å². The number of amides is 2. The van der Waals surface area contributed by atoms with Gasteiger partial charge in [-0.15, -0.1) is 0 Å². The van der Waals surface area contributed by atoms with E-state index in [0.717, 1.165) is 5.56 Å². The zero-order valence-corrected chi connectivity index (χ0v) is 17.5. The molecule has 2 amide bonds. The largest absolute Gasteiger partial charge is 0.474 e. The van der Waals surface area contributed by atoms with Gasteiger partial charge in [0, 0.05) is 10.7 Å². The fraction of sp³-hybridized carbons (Fsp3) is 0.368. The molecule has 0 radical (unpaired) electrons. The monoisotopic (exact) mass is 435 g/mol. The second-order valence-corrected chi connectivity index (χ2v) is 7.66. The van der Waals surface area contributed by atoms with Crippen LogP contribution in [0.3, 0.4) is 0 Å². The fourth-order valence-corrected chi connectivity index (χ4v) is 3.72. The zero-order valence-electron chi connectivity index (χ0n) is 16.0. The average molecular weight is 436 g/mol. The summed E-state index contributed by atoms with van der Waals surface area (Å²) in [6.45, 7) is 4.81. The topological polar surface area (TPSA) is 80.0 Å². The van der Waals surface area contributed by atoms with Crippen LogP contribution in [0.15, 0.2) is 23.2 Å². The molecule has 1 fully saturated rings. The Morgan fingerprint density at radius 1 is 1.28 bits per heavy atom. The Morgan fingerprint density at radius 3 is 2.79 bits per heavy atom. The minimum Gasteiger partial charge on any atom is -0.474 e. The Kier molecular flexibility index (Phi) is 5.23. The van der Waals surface area contributed by atoms with Gasteiger partial charge in [-0.25, -0.2) is 4.99 Å². The first-order chi connectivity index (χ1) is 13.9. The molecule has 0 spiro atoms. The van der Waals surface area contributed by atoms with Crippen LogP contribution in [0.4, 0.5) is 5.69 Å². The Morgan fingerprint density at radius 2 is 2.07 bits per heavy atom. The quantitative estimate of drug-likeness (QED) is 0.738. The number of halogens is 2. The second kappa shape index (κ2) is 7.68. The number of rotatable bonds is 4. The molecule has 1 saturated heterocycles. The second-order valence-electron chi connectivity index (χ2n) is 6.88. The average Bonchev–Trinajstić information content (AvgIpc) is 3.41. The molecule has 0 atom stereocenters. The van der Waals surface area contributed by atoms with Crippen molar-refractivity contribution >= 4 is 46.6 Å². The molecule has 8 nitrogen and oxygen atoms in total. The van der Waals surface area contributed by atoms with Gasteiger partial charge in [-0.3, -0.25) is 19.2 Å². The minimum atomic E-state index is -0.233. The maximum absolute atomic E-state index is 12.8. The molecule has 1 aromatic carbocycles. The smallest absolute Gasteiger partial charge is 0.248 e. The molecule has 3 heterocycles. The van der Waals surface area contributed by atoms with Crippen molar-refractivity contribution in [3.05, 3.63) is 45.2 Å². The molecule has 0 bridgehead atoms. The molecular weight excluding hydrogens is 417 g/mol. The first-order valence-electron chi connectivity index (χ1n) is 9.10. The minimum absolute atomic E-state index is 0.00150. The summed E-state index contributed by atoms with van der Waals surface area (Å²) >= 11 is 12.5. The lowest BCUT2D eigenvalue weighted by molar-refractivity contribution is -0.132. The van der Waals surface area contributed by atoms with E-state index in [4.69, 9.17) is 27.9 Å². The van der Waals surface area contributed by atoms with E-state index < -0.39 is 0 Å². The summed E-state index contributed by atoms with van der Waals surface area (Å²) < 4.78 is 6.94. The number of hydrogen-bond donors (Lipinski definition) is 0. The van der Waals surface area contributed by atoms with Crippen molar-refractivity contribution in [2.24, 2.45) is 4.99 Å². The molecule has 29 heavy (non-hydrogen) atoms. The summed E-state index contributed by atoms with van der Waals surface area (Å²) in [6.07, 6.45) is 0. The first-order valence-corrected chi connectivity index (χ1v) is 9.86. The third-order valence-corrected chi connectivity index (χ3v) is 5.89. The van der Waals surface area contributed by atoms with Gasteiger partial charge in [-0.05, 0) is 31.5 Å². The highest BCUT2D eigenvalue weighted by atomic mass is 35.5. The highest BCUT2D eigenvalue weighted by Crippen LogP contribution is 2.29. The van der Waals surface area contributed by atoms with Crippen LogP contribution in [-0.4, -0.2) is 58.8 Å². The summed E-state index contributed by atoms with van der Waals surface area (Å²) in [4.78, 5) is 32.6. The SMILES string of the molecule is Cc1c(Cl)cccc1N1CN(C(=O)Cn2nc(C3=NCCO3)c(Cl)c2C)CC1=O. The van der Waals surface area contributed by atoms with E-state index in [0.29, 0.717) is 46.2 Å². The highest BCUT2D eigenvalue weighted by Gasteiger charge is 2.33. The molecule has 0 N–H and O–H groups in total. The van der Waals surface area contributed by atoms with Gasteiger partial charge >= 0.3 is 0 Å². The van der Waals surface area contributed by atoms with Gasteiger partial charge in [0.1, 0.15) is 26.4 Å². The van der Waals surface area contributed by atoms with Crippen LogP contribution in [0, 0.1) is 13.8 Å². The molecule has 0 aliphatic carbocycles. The molecule has 1 aromatic heterocycles. The molecule has 152 valence electrons. The standard InChI is InChI=1S/C19H19Cl2N5O3/c1-11-13(20)4-3-5-14(11)25-10-24(8-16(25)28)15(27)9-26-12(2)17(21)18(23-26)19-22-6-7-29-19/h3-5H,6-10H2,1-2H3. The number of aliphatic imine (C=N–C) groups is 1. The van der Waals surface area contributed by atoms with Crippen molar-refractivity contribution in [3.63, 3.8) is 0 Å². The van der Waals surface area contributed by atoms with Gasteiger partial charge in [-0.1, -0.05) is 29.3 Å². The van der Waals surface area contributed by atoms with E-state index in [-0.39, 0.29) is 31.6 Å². The number of nitrogens with zero attached hydrogens (tertiary/aromatic N) is 5. The Balaban J connectivity index is 1.51. The maximum Gasteiger partial charge on any atom is 0.248 e. The number of ether oxygens (including phenoxy) is 1. The van der Waals surface area contributed by atoms with Crippen LogP contribution in [0.5, 0.6) is 0 Å². The maximum atomic E-state index is 12.8.